The highest BCUT2D eigenvalue weighted by molar-refractivity contribution is 9.09. The molecule has 0 saturated carbocycles. The summed E-state index contributed by atoms with van der Waals surface area (Å²) >= 11 is 6.19. The minimum Gasteiger partial charge on any atom is -0.311 e. The molecule has 3 nitrogen and oxygen atoms in total. The van der Waals surface area contributed by atoms with Gasteiger partial charge in [-0.1, -0.05) is 15.9 Å². The fraction of sp³-hybridized carbons (Fsp3) is 1.00. The zero-order valence-corrected chi connectivity index (χ0v) is 14.7. The van der Waals surface area contributed by atoms with Crippen molar-refractivity contribution in [1.82, 2.24) is 5.01 Å². The first-order chi connectivity index (χ1) is 8.79. The van der Waals surface area contributed by atoms with Gasteiger partial charge < -0.3 is 3.83 Å². The molecule has 18 heavy (non-hydrogen) atoms. The summed E-state index contributed by atoms with van der Waals surface area (Å²) in [5.41, 5.74) is 0. The summed E-state index contributed by atoms with van der Waals surface area (Å²) in [6.45, 7) is 6.94. The van der Waals surface area contributed by atoms with Gasteiger partial charge in [0, 0.05) is 18.4 Å². The molecule has 2 heterocycles. The molecule has 2 aliphatic heterocycles. The van der Waals surface area contributed by atoms with E-state index in [0.29, 0.717) is 0 Å². The SMILES string of the molecule is BrCCCC[N+]12CCCCN1CCCC2.COBr. The Morgan fingerprint density at radius 1 is 1.06 bits per heavy atom. The second kappa shape index (κ2) is 9.70. The van der Waals surface area contributed by atoms with Gasteiger partial charge in [-0.25, -0.2) is 4.59 Å². The summed E-state index contributed by atoms with van der Waals surface area (Å²) in [5.74, 6) is 0. The molecular formula is C13H27Br2N2O+. The van der Waals surface area contributed by atoms with Crippen molar-refractivity contribution in [3.05, 3.63) is 0 Å². The molecule has 5 heteroatoms. The Morgan fingerprint density at radius 3 is 2.11 bits per heavy atom. The first-order valence-corrected chi connectivity index (χ1v) is 8.88. The summed E-state index contributed by atoms with van der Waals surface area (Å²) < 4.78 is 5.40. The van der Waals surface area contributed by atoms with E-state index in [0.717, 1.165) is 0 Å². The fourth-order valence-electron chi connectivity index (χ4n) is 3.20. The van der Waals surface area contributed by atoms with Gasteiger partial charge in [-0.3, -0.25) is 0 Å². The summed E-state index contributed by atoms with van der Waals surface area (Å²) in [4.78, 5) is 0. The Hall–Kier alpha value is 0.840. The van der Waals surface area contributed by atoms with Crippen LogP contribution < -0.4 is 0 Å². The Labute approximate surface area is 129 Å². The van der Waals surface area contributed by atoms with Crippen LogP contribution in [0.25, 0.3) is 0 Å². The van der Waals surface area contributed by atoms with Crippen LogP contribution in [0.1, 0.15) is 38.5 Å². The molecule has 108 valence electrons. The topological polar surface area (TPSA) is 12.5 Å². The van der Waals surface area contributed by atoms with Crippen molar-refractivity contribution in [3.8, 4) is 0 Å². The van der Waals surface area contributed by atoms with E-state index in [-0.39, 0.29) is 0 Å². The second-order valence-electron chi connectivity index (χ2n) is 5.18. The second-order valence-corrected chi connectivity index (χ2v) is 6.62. The lowest BCUT2D eigenvalue weighted by atomic mass is 10.1. The number of nitrogens with zero attached hydrogens (tertiary/aromatic N) is 2. The number of hydrogen-bond donors (Lipinski definition) is 0. The quantitative estimate of drug-likeness (QED) is 0.414. The van der Waals surface area contributed by atoms with E-state index in [2.05, 4.69) is 41.0 Å². The molecule has 0 aromatic rings. The molecule has 0 spiro atoms. The number of hydrogen-bond acceptors (Lipinski definition) is 2. The van der Waals surface area contributed by atoms with Crippen LogP contribution in [0.2, 0.25) is 0 Å². The molecule has 0 unspecified atom stereocenters. The smallest absolute Gasteiger partial charge is 0.0984 e. The van der Waals surface area contributed by atoms with Crippen molar-refractivity contribution >= 4 is 32.2 Å². The summed E-state index contributed by atoms with van der Waals surface area (Å²) in [6, 6.07) is 0. The third-order valence-electron chi connectivity index (χ3n) is 4.04. The minimum atomic E-state index is 1.17. The van der Waals surface area contributed by atoms with Gasteiger partial charge in [-0.2, -0.15) is 5.01 Å². The number of rotatable bonds is 4. The zero-order chi connectivity index (χ0) is 13.3. The van der Waals surface area contributed by atoms with E-state index in [1.807, 2.05) is 0 Å². The fourth-order valence-corrected chi connectivity index (χ4v) is 3.59. The first kappa shape index (κ1) is 16.9. The average Bonchev–Trinajstić information content (AvgIpc) is 2.40. The average molecular weight is 387 g/mol. The first-order valence-electron chi connectivity index (χ1n) is 7.11. The van der Waals surface area contributed by atoms with Crippen molar-refractivity contribution in [2.75, 3.05) is 45.2 Å². The van der Waals surface area contributed by atoms with Crippen molar-refractivity contribution in [1.29, 1.82) is 0 Å². The summed E-state index contributed by atoms with van der Waals surface area (Å²) in [6.07, 6.45) is 8.49. The molecule has 0 amide bonds. The molecule has 0 bridgehead atoms. The molecule has 0 aromatic carbocycles. The number of fused-ring (bicyclic) bond motifs is 1. The van der Waals surface area contributed by atoms with Gasteiger partial charge >= 0.3 is 0 Å². The molecule has 2 aliphatic rings. The van der Waals surface area contributed by atoms with Crippen LogP contribution >= 0.6 is 32.2 Å². The predicted octanol–water partition coefficient (Wildman–Crippen LogP) is 3.73. The van der Waals surface area contributed by atoms with Gasteiger partial charge in [0.15, 0.2) is 0 Å². The van der Waals surface area contributed by atoms with Gasteiger partial charge in [-0.15, -0.1) is 0 Å². The Kier molecular flexibility index (Phi) is 9.10. The van der Waals surface area contributed by atoms with Crippen LogP contribution in [0.15, 0.2) is 0 Å². The molecule has 0 atom stereocenters. The van der Waals surface area contributed by atoms with Crippen LogP contribution in [0, 0.1) is 0 Å². The van der Waals surface area contributed by atoms with Crippen molar-refractivity contribution in [3.63, 3.8) is 0 Å². The molecule has 2 rings (SSSR count). The lowest BCUT2D eigenvalue weighted by Gasteiger charge is -2.51. The largest absolute Gasteiger partial charge is 0.311 e. The van der Waals surface area contributed by atoms with Gasteiger partial charge in [0.2, 0.25) is 0 Å². The maximum Gasteiger partial charge on any atom is 0.0984 e. The van der Waals surface area contributed by atoms with Gasteiger partial charge in [0.25, 0.3) is 0 Å². The number of unbranched alkanes of at least 4 members (excludes halogenated alkanes) is 1. The van der Waals surface area contributed by atoms with Crippen LogP contribution in [0.4, 0.5) is 0 Å². The predicted molar refractivity (Wildman–Crippen MR) is 83.9 cm³/mol. The molecule has 0 radical (unpaired) electrons. The van der Waals surface area contributed by atoms with Gasteiger partial charge in [0.1, 0.15) is 0 Å². The lowest BCUT2D eigenvalue weighted by Crippen LogP contribution is -2.66. The highest BCUT2D eigenvalue weighted by atomic mass is 79.9. The third-order valence-corrected chi connectivity index (χ3v) is 4.60. The van der Waals surface area contributed by atoms with Gasteiger partial charge in [-0.05, 0) is 38.5 Å². The number of quaternary nitrogens is 1. The van der Waals surface area contributed by atoms with Gasteiger partial charge in [0.05, 0.1) is 43.0 Å². The molecule has 0 N–H and O–H groups in total. The van der Waals surface area contributed by atoms with E-state index in [1.54, 1.807) is 7.11 Å². The standard InChI is InChI=1S/C12H24BrN2.CH3BrO/c13-7-1-4-10-15-11-5-2-8-14(15)9-3-6-12-15;1-3-2/h1-12H2;1H3/q+1;. The maximum atomic E-state index is 4.06. The minimum absolute atomic E-state index is 1.17. The van der Waals surface area contributed by atoms with Crippen LogP contribution in [0.5, 0.6) is 0 Å². The van der Waals surface area contributed by atoms with E-state index in [1.165, 1.54) is 81.2 Å². The maximum absolute atomic E-state index is 4.06. The molecule has 2 saturated heterocycles. The van der Waals surface area contributed by atoms with Crippen molar-refractivity contribution in [2.24, 2.45) is 0 Å². The Balaban J connectivity index is 0.000000492. The molecular weight excluding hydrogens is 360 g/mol. The highest BCUT2D eigenvalue weighted by Crippen LogP contribution is 2.27. The summed E-state index contributed by atoms with van der Waals surface area (Å²) in [7, 11) is 1.54. The van der Waals surface area contributed by atoms with E-state index in [9.17, 15) is 0 Å². The Bertz CT molecular complexity index is 205. The molecule has 2 fully saturated rings. The lowest BCUT2D eigenvalue weighted by molar-refractivity contribution is -1.04. The van der Waals surface area contributed by atoms with E-state index in [4.69, 9.17) is 0 Å². The number of alkyl halides is 1. The van der Waals surface area contributed by atoms with E-state index < -0.39 is 0 Å². The Morgan fingerprint density at radius 2 is 1.61 bits per heavy atom. The summed E-state index contributed by atoms with van der Waals surface area (Å²) in [5, 5.41) is 3.94. The zero-order valence-electron chi connectivity index (χ0n) is 11.5. The molecule has 0 aromatic heterocycles. The van der Waals surface area contributed by atoms with E-state index >= 15 is 0 Å². The van der Waals surface area contributed by atoms with Crippen LogP contribution in [-0.4, -0.2) is 54.8 Å². The molecule has 0 aliphatic carbocycles. The normalized spacial score (nSPS) is 22.8. The monoisotopic (exact) mass is 385 g/mol. The van der Waals surface area contributed by atoms with Crippen LogP contribution in [0.3, 0.4) is 0 Å². The third kappa shape index (κ3) is 5.08. The van der Waals surface area contributed by atoms with Crippen molar-refractivity contribution in [2.45, 2.75) is 38.5 Å². The highest BCUT2D eigenvalue weighted by Gasteiger charge is 2.39. The van der Waals surface area contributed by atoms with Crippen LogP contribution in [-0.2, 0) is 3.83 Å². The number of halogens is 2. The van der Waals surface area contributed by atoms with Crippen molar-refractivity contribution < 1.29 is 8.42 Å².